The fraction of sp³-hybridized carbons (Fsp3) is 0.308. The zero-order valence-electron chi connectivity index (χ0n) is 52.7. The van der Waals surface area contributed by atoms with Crippen LogP contribution in [-0.2, 0) is 29.7 Å². The molecule has 0 amide bonds. The van der Waals surface area contributed by atoms with Gasteiger partial charge in [-0.05, 0) is 0 Å². The van der Waals surface area contributed by atoms with Crippen molar-refractivity contribution in [3.63, 3.8) is 0 Å². The van der Waals surface area contributed by atoms with Crippen LogP contribution in [0, 0.1) is 41.5 Å². The minimum atomic E-state index is -6.77. The van der Waals surface area contributed by atoms with Gasteiger partial charge in [0.05, 0.1) is 0 Å². The maximum absolute atomic E-state index is 19.1. The predicted molar refractivity (Wildman–Crippen MR) is 367 cm³/mol. The van der Waals surface area contributed by atoms with Crippen LogP contribution < -0.4 is 0 Å². The van der Waals surface area contributed by atoms with Crippen molar-refractivity contribution in [2.45, 2.75) is 203 Å². The van der Waals surface area contributed by atoms with Gasteiger partial charge in [0.2, 0.25) is 0 Å². The molecule has 0 saturated carbocycles. The summed E-state index contributed by atoms with van der Waals surface area (Å²) in [6, 6.07) is 79.3. The topological polar surface area (TPSA) is 44.8 Å². The normalized spacial score (nSPS) is 12.8. The zero-order valence-corrected chi connectivity index (χ0v) is 57.7. The van der Waals surface area contributed by atoms with Gasteiger partial charge in [-0.3, -0.25) is 0 Å². The molecule has 0 bridgehead atoms. The fourth-order valence-electron chi connectivity index (χ4n) is 11.3. The number of rotatable bonds is 30. The van der Waals surface area contributed by atoms with Crippen LogP contribution in [0.3, 0.4) is 0 Å². The number of unbranched alkanes of at least 4 members (excludes halogenated alkanes) is 9. The van der Waals surface area contributed by atoms with E-state index >= 15 is 3.02 Å². The monoisotopic (exact) mass is 1310 g/mol. The Morgan fingerprint density at radius 2 is 0.407 bits per heavy atom. The van der Waals surface area contributed by atoms with Gasteiger partial charge in [-0.15, -0.1) is 0 Å². The summed E-state index contributed by atoms with van der Waals surface area (Å²) in [5.41, 5.74) is 10.5. The molecule has 0 saturated heterocycles. The Morgan fingerprint density at radius 1 is 0.244 bits per heavy atom. The van der Waals surface area contributed by atoms with Crippen LogP contribution >= 0.6 is 30.9 Å². The van der Waals surface area contributed by atoms with Crippen LogP contribution in [0.4, 0.5) is 0 Å². The summed E-state index contributed by atoms with van der Waals surface area (Å²) in [4.78, 5) is 8.18. The van der Waals surface area contributed by atoms with Gasteiger partial charge in [-0.2, -0.15) is 0 Å². The molecule has 0 heterocycles. The Kier molecular flexibility index (Phi) is 23.1. The molecule has 0 aliphatic rings. The second kappa shape index (κ2) is 30.6. The quantitative estimate of drug-likeness (QED) is 0.0332. The van der Waals surface area contributed by atoms with Gasteiger partial charge in [-0.25, -0.2) is 0 Å². The van der Waals surface area contributed by atoms with Gasteiger partial charge in [0.25, 0.3) is 0 Å². The van der Waals surface area contributed by atoms with Gasteiger partial charge in [0.15, 0.2) is 0 Å². The van der Waals surface area contributed by atoms with E-state index in [4.69, 9.17) is 7.38 Å². The standard InChI is InChI=1S/3C26H32OS.O.Sb/c3*1-4-5-6-7-8-23-13-19-26(20-14-23)28(27,24-15-9-21(2)10-16-24)25-17-11-22(3)12-18-25;;/h3*9-20,27H,4-8H2,1-3H3;;/q;;;;+3/p-3. The summed E-state index contributed by atoms with van der Waals surface area (Å²) < 4.78 is 44.5. The molecule has 0 fully saturated rings. The second-order valence-corrected chi connectivity index (χ2v) is 38.0. The Labute approximate surface area is 528 Å². The SMILES string of the molecule is CCCCCCc1ccc(S([O][Sb](=[O])([O]S(c2ccc(C)cc2)(c2ccc(C)cc2)c2ccc(CCCCCC)cc2)[O]S(c2ccc(C)cc2)(c2ccc(C)cc2)c2ccc(CCCCCC)cc2)(c2ccc(C)cc2)c2ccc(C)cc2)cc1. The third-order valence-electron chi connectivity index (χ3n) is 16.4. The molecule has 0 aliphatic carbocycles. The molecule has 0 aliphatic heterocycles. The van der Waals surface area contributed by atoms with Gasteiger partial charge < -0.3 is 0 Å². The van der Waals surface area contributed by atoms with Crippen molar-refractivity contribution in [1.82, 2.24) is 0 Å². The van der Waals surface area contributed by atoms with Crippen LogP contribution in [-0.4, -0.2) is 20.1 Å². The van der Waals surface area contributed by atoms with Gasteiger partial charge in [0.1, 0.15) is 0 Å². The molecule has 9 rings (SSSR count). The number of benzene rings is 9. The van der Waals surface area contributed by atoms with Crippen LogP contribution in [0.2, 0.25) is 0 Å². The summed E-state index contributed by atoms with van der Waals surface area (Å²) in [6.07, 6.45) is 17.0. The van der Waals surface area contributed by atoms with Crippen LogP contribution in [0.5, 0.6) is 0 Å². The van der Waals surface area contributed by atoms with E-state index in [0.717, 1.165) is 116 Å². The molecule has 86 heavy (non-hydrogen) atoms. The molecule has 8 heteroatoms. The first kappa shape index (κ1) is 65.0. The Morgan fingerprint density at radius 3 is 0.570 bits per heavy atom. The van der Waals surface area contributed by atoms with Gasteiger partial charge >= 0.3 is 533 Å². The van der Waals surface area contributed by atoms with Crippen LogP contribution in [0.15, 0.2) is 262 Å². The molecule has 9 aromatic rings. The van der Waals surface area contributed by atoms with Crippen molar-refractivity contribution in [1.29, 1.82) is 0 Å². The molecule has 9 aromatic carbocycles. The number of aryl methyl sites for hydroxylation is 9. The van der Waals surface area contributed by atoms with Crippen molar-refractivity contribution in [2.75, 3.05) is 0 Å². The summed E-state index contributed by atoms with van der Waals surface area (Å²) in [6.45, 7) is 19.5. The number of hydrogen-bond acceptors (Lipinski definition) is 4. The van der Waals surface area contributed by atoms with E-state index in [-0.39, 0.29) is 0 Å². The Balaban J connectivity index is 1.40. The third-order valence-corrected chi connectivity index (χ3v) is 36.5. The average molecular weight is 1310 g/mol. The third kappa shape index (κ3) is 15.5. The van der Waals surface area contributed by atoms with E-state index in [9.17, 15) is 0 Å². The van der Waals surface area contributed by atoms with E-state index in [1.807, 2.05) is 0 Å². The van der Waals surface area contributed by atoms with Crippen molar-refractivity contribution in [2.24, 2.45) is 0 Å². The summed E-state index contributed by atoms with van der Waals surface area (Å²) in [5.74, 6) is 0. The van der Waals surface area contributed by atoms with E-state index in [1.54, 1.807) is 0 Å². The van der Waals surface area contributed by atoms with E-state index in [1.165, 1.54) is 74.5 Å². The maximum atomic E-state index is 19.1. The van der Waals surface area contributed by atoms with E-state index in [2.05, 4.69) is 281 Å². The molecular formula is C78H93O4S3Sb. The van der Waals surface area contributed by atoms with Crippen molar-refractivity contribution < 1.29 is 10.4 Å². The van der Waals surface area contributed by atoms with Gasteiger partial charge in [-0.1, -0.05) is 0 Å². The summed E-state index contributed by atoms with van der Waals surface area (Å²) >= 11 is -6.77. The summed E-state index contributed by atoms with van der Waals surface area (Å²) in [5, 5.41) is 0. The van der Waals surface area contributed by atoms with Crippen LogP contribution in [0.25, 0.3) is 0 Å². The first-order valence-electron chi connectivity index (χ1n) is 31.6. The number of hydrogen-bond donors (Lipinski definition) is 0. The molecule has 0 aromatic heterocycles. The van der Waals surface area contributed by atoms with E-state index < -0.39 is 51.0 Å². The molecule has 452 valence electrons. The van der Waals surface area contributed by atoms with Crippen molar-refractivity contribution >= 4 is 51.0 Å². The molecule has 0 spiro atoms. The average Bonchev–Trinajstić information content (AvgIpc) is 0.903. The predicted octanol–water partition coefficient (Wildman–Crippen LogP) is 23.8. The first-order chi connectivity index (χ1) is 41.7. The summed E-state index contributed by atoms with van der Waals surface area (Å²) in [7, 11) is -9.08. The van der Waals surface area contributed by atoms with Crippen molar-refractivity contribution in [3.05, 3.63) is 268 Å². The molecule has 0 N–H and O–H groups in total. The fourth-order valence-corrected chi connectivity index (χ4v) is 35.9. The molecule has 0 atom stereocenters. The van der Waals surface area contributed by atoms with E-state index in [0.29, 0.717) is 0 Å². The Bertz CT molecular complexity index is 3050. The van der Waals surface area contributed by atoms with Crippen LogP contribution in [0.1, 0.15) is 148 Å². The molecular weight excluding hydrogens is 1220 g/mol. The second-order valence-electron chi connectivity index (χ2n) is 23.6. The zero-order chi connectivity index (χ0) is 60.6. The minimum absolute atomic E-state index is 0.904. The first-order valence-corrected chi connectivity index (χ1v) is 40.5. The Hall–Kier alpha value is -5.47. The molecule has 0 unspecified atom stereocenters. The molecule has 0 radical (unpaired) electrons. The molecule has 4 nitrogen and oxygen atoms in total. The van der Waals surface area contributed by atoms with Crippen molar-refractivity contribution in [3.8, 4) is 0 Å². The van der Waals surface area contributed by atoms with Gasteiger partial charge in [0, 0.05) is 0 Å².